The van der Waals surface area contributed by atoms with Gasteiger partial charge in [-0.25, -0.2) is 8.78 Å². The van der Waals surface area contributed by atoms with Crippen LogP contribution in [0.15, 0.2) is 47.8 Å². The average molecular weight is 343 g/mol. The largest absolute Gasteiger partial charge is 0.370 e. The van der Waals surface area contributed by atoms with Gasteiger partial charge < -0.3 is 5.73 Å². The number of nitrogens with two attached hydrogens (primary N) is 1. The first-order valence-corrected chi connectivity index (χ1v) is 9.12. The maximum absolute atomic E-state index is 15.1. The summed E-state index contributed by atoms with van der Waals surface area (Å²) in [7, 11) is 0. The number of hydrogen-bond donors (Lipinski definition) is 1. The lowest BCUT2D eigenvalue weighted by Gasteiger charge is -2.38. The zero-order valence-corrected chi connectivity index (χ0v) is 14.2. The molecule has 0 aromatic heterocycles. The fraction of sp³-hybridized carbons (Fsp3) is 0.476. The first-order valence-electron chi connectivity index (χ1n) is 9.12. The number of carbonyl (C=O) groups excluding carboxylic acids is 1. The van der Waals surface area contributed by atoms with Crippen LogP contribution in [0, 0.1) is 23.6 Å². The predicted octanol–water partition coefficient (Wildman–Crippen LogP) is 4.56. The van der Waals surface area contributed by atoms with E-state index in [0.29, 0.717) is 18.8 Å². The molecule has 132 valence electrons. The number of amides is 1. The van der Waals surface area contributed by atoms with Crippen LogP contribution in [0.3, 0.4) is 0 Å². The summed E-state index contributed by atoms with van der Waals surface area (Å²) in [6.07, 6.45) is 8.49. The summed E-state index contributed by atoms with van der Waals surface area (Å²) < 4.78 is 28.5. The van der Waals surface area contributed by atoms with Gasteiger partial charge in [0.05, 0.1) is 5.41 Å². The monoisotopic (exact) mass is 343 g/mol. The van der Waals surface area contributed by atoms with Crippen LogP contribution in [-0.4, -0.2) is 5.91 Å². The van der Waals surface area contributed by atoms with Gasteiger partial charge in [-0.15, -0.1) is 0 Å². The Balaban J connectivity index is 1.71. The van der Waals surface area contributed by atoms with E-state index in [4.69, 9.17) is 5.73 Å². The highest BCUT2D eigenvalue weighted by Gasteiger charge is 2.52. The van der Waals surface area contributed by atoms with Gasteiger partial charge in [0.2, 0.25) is 5.91 Å². The Morgan fingerprint density at radius 1 is 1.12 bits per heavy atom. The van der Waals surface area contributed by atoms with Crippen molar-refractivity contribution in [3.05, 3.63) is 59.2 Å². The van der Waals surface area contributed by atoms with Crippen LogP contribution in [0.4, 0.5) is 8.78 Å². The number of carbonyl (C=O) groups is 1. The molecule has 25 heavy (non-hydrogen) atoms. The molecule has 0 aliphatic heterocycles. The van der Waals surface area contributed by atoms with E-state index in [1.54, 1.807) is 18.2 Å². The standard InChI is InChI=1S/C21H23F2NO/c22-17-8-6-16(7-9-17)21(15-4-5-15)12-14(3-10-19(21)23)18(11-20(24)25)13-1-2-13/h3,6-10,13,15,18H,1-2,4-5,11-12H2,(H2,24,25). The maximum atomic E-state index is 15.1. The van der Waals surface area contributed by atoms with Gasteiger partial charge >= 0.3 is 0 Å². The van der Waals surface area contributed by atoms with Crippen molar-refractivity contribution in [3.63, 3.8) is 0 Å². The summed E-state index contributed by atoms with van der Waals surface area (Å²) in [6, 6.07) is 6.24. The number of allylic oxidation sites excluding steroid dienone is 4. The summed E-state index contributed by atoms with van der Waals surface area (Å²) in [6.45, 7) is 0. The molecule has 0 saturated heterocycles. The highest BCUT2D eigenvalue weighted by atomic mass is 19.1. The third kappa shape index (κ3) is 3.03. The predicted molar refractivity (Wildman–Crippen MR) is 92.7 cm³/mol. The third-order valence-electron chi connectivity index (χ3n) is 6.07. The molecule has 1 aromatic carbocycles. The van der Waals surface area contributed by atoms with Crippen molar-refractivity contribution in [1.29, 1.82) is 0 Å². The van der Waals surface area contributed by atoms with Gasteiger partial charge in [-0.05, 0) is 73.6 Å². The van der Waals surface area contributed by atoms with E-state index in [2.05, 4.69) is 0 Å². The van der Waals surface area contributed by atoms with Gasteiger partial charge in [0, 0.05) is 6.42 Å². The smallest absolute Gasteiger partial charge is 0.218 e. The molecule has 2 nitrogen and oxygen atoms in total. The molecule has 2 saturated carbocycles. The minimum Gasteiger partial charge on any atom is -0.370 e. The van der Waals surface area contributed by atoms with Crippen LogP contribution in [0.25, 0.3) is 0 Å². The molecule has 3 aliphatic rings. The second kappa shape index (κ2) is 6.08. The maximum Gasteiger partial charge on any atom is 0.218 e. The van der Waals surface area contributed by atoms with Crippen molar-refractivity contribution < 1.29 is 13.6 Å². The molecule has 2 atom stereocenters. The molecule has 2 unspecified atom stereocenters. The minimum absolute atomic E-state index is 0.112. The Bertz CT molecular complexity index is 744. The van der Waals surface area contributed by atoms with Gasteiger partial charge in [0.1, 0.15) is 11.6 Å². The first-order chi connectivity index (χ1) is 12.0. The van der Waals surface area contributed by atoms with Crippen LogP contribution >= 0.6 is 0 Å². The highest BCUT2D eigenvalue weighted by Crippen LogP contribution is 2.58. The number of halogens is 2. The lowest BCUT2D eigenvalue weighted by atomic mass is 9.66. The van der Waals surface area contributed by atoms with Gasteiger partial charge in [-0.3, -0.25) is 4.79 Å². The lowest BCUT2D eigenvalue weighted by molar-refractivity contribution is -0.118. The Kier molecular flexibility index (Phi) is 4.01. The fourth-order valence-electron chi connectivity index (χ4n) is 4.50. The normalized spacial score (nSPS) is 27.4. The second-order valence-corrected chi connectivity index (χ2v) is 7.80. The van der Waals surface area contributed by atoms with E-state index in [-0.39, 0.29) is 29.4 Å². The Labute approximate surface area is 146 Å². The third-order valence-corrected chi connectivity index (χ3v) is 6.07. The number of benzene rings is 1. The Morgan fingerprint density at radius 2 is 1.80 bits per heavy atom. The van der Waals surface area contributed by atoms with E-state index >= 15 is 4.39 Å². The molecule has 0 bridgehead atoms. The number of hydrogen-bond acceptors (Lipinski definition) is 1. The molecule has 0 heterocycles. The first kappa shape index (κ1) is 16.5. The van der Waals surface area contributed by atoms with Gasteiger partial charge in [0.15, 0.2) is 0 Å². The van der Waals surface area contributed by atoms with Crippen molar-refractivity contribution in [2.75, 3.05) is 0 Å². The van der Waals surface area contributed by atoms with Crippen molar-refractivity contribution in [1.82, 2.24) is 0 Å². The molecule has 3 aliphatic carbocycles. The van der Waals surface area contributed by atoms with Crippen molar-refractivity contribution >= 4 is 5.91 Å². The van der Waals surface area contributed by atoms with Crippen LogP contribution < -0.4 is 5.73 Å². The molecule has 4 rings (SSSR count). The van der Waals surface area contributed by atoms with E-state index in [0.717, 1.165) is 36.8 Å². The number of rotatable bonds is 6. The Hall–Kier alpha value is -1.97. The summed E-state index contributed by atoms with van der Waals surface area (Å²) in [5.41, 5.74) is 6.72. The van der Waals surface area contributed by atoms with Crippen LogP contribution in [0.5, 0.6) is 0 Å². The van der Waals surface area contributed by atoms with E-state index in [1.165, 1.54) is 12.1 Å². The summed E-state index contributed by atoms with van der Waals surface area (Å²) in [5, 5.41) is 0. The molecule has 1 amide bonds. The van der Waals surface area contributed by atoms with Gasteiger partial charge in [0.25, 0.3) is 0 Å². The molecule has 0 radical (unpaired) electrons. The molecular formula is C21H23F2NO. The number of primary amides is 1. The lowest BCUT2D eigenvalue weighted by Crippen LogP contribution is -2.34. The highest BCUT2D eigenvalue weighted by molar-refractivity contribution is 5.74. The molecule has 1 aromatic rings. The fourth-order valence-corrected chi connectivity index (χ4v) is 4.50. The zero-order chi connectivity index (χ0) is 17.6. The molecule has 2 N–H and O–H groups in total. The molecule has 4 heteroatoms. The zero-order valence-electron chi connectivity index (χ0n) is 14.2. The van der Waals surface area contributed by atoms with Gasteiger partial charge in [-0.2, -0.15) is 0 Å². The SMILES string of the molecule is NC(=O)CC(C1=CC=C(F)C(c2ccc(F)cc2)(C2CC2)C1)C1CC1. The summed E-state index contributed by atoms with van der Waals surface area (Å²) in [4.78, 5) is 11.5. The minimum atomic E-state index is -0.706. The van der Waals surface area contributed by atoms with E-state index in [1.807, 2.05) is 6.08 Å². The van der Waals surface area contributed by atoms with Crippen molar-refractivity contribution in [3.8, 4) is 0 Å². The van der Waals surface area contributed by atoms with E-state index in [9.17, 15) is 9.18 Å². The van der Waals surface area contributed by atoms with Crippen LogP contribution in [-0.2, 0) is 10.2 Å². The van der Waals surface area contributed by atoms with Crippen LogP contribution in [0.2, 0.25) is 0 Å². The average Bonchev–Trinajstić information content (AvgIpc) is 3.47. The summed E-state index contributed by atoms with van der Waals surface area (Å²) in [5.74, 6) is 0.0889. The van der Waals surface area contributed by atoms with Gasteiger partial charge in [-0.1, -0.05) is 23.8 Å². The van der Waals surface area contributed by atoms with Crippen molar-refractivity contribution in [2.24, 2.45) is 23.5 Å². The van der Waals surface area contributed by atoms with E-state index < -0.39 is 5.41 Å². The topological polar surface area (TPSA) is 43.1 Å². The van der Waals surface area contributed by atoms with Crippen LogP contribution in [0.1, 0.15) is 44.1 Å². The molecular weight excluding hydrogens is 320 g/mol. The quantitative estimate of drug-likeness (QED) is 0.808. The second-order valence-electron chi connectivity index (χ2n) is 7.80. The van der Waals surface area contributed by atoms with Crippen molar-refractivity contribution in [2.45, 2.75) is 43.9 Å². The molecule has 0 spiro atoms. The summed E-state index contributed by atoms with van der Waals surface area (Å²) >= 11 is 0. The Morgan fingerprint density at radius 3 is 2.36 bits per heavy atom. The molecule has 2 fully saturated rings.